The zero-order valence-corrected chi connectivity index (χ0v) is 12.0. The van der Waals surface area contributed by atoms with Crippen molar-refractivity contribution in [2.24, 2.45) is 0 Å². The average Bonchev–Trinajstić information content (AvgIpc) is 2.49. The summed E-state index contributed by atoms with van der Waals surface area (Å²) in [7, 11) is 0. The Bertz CT molecular complexity index is 586. The lowest BCUT2D eigenvalue weighted by Crippen LogP contribution is -2.39. The number of benzene rings is 2. The van der Waals surface area contributed by atoms with Crippen molar-refractivity contribution < 1.29 is 14.6 Å². The van der Waals surface area contributed by atoms with Crippen molar-refractivity contribution in [3.8, 4) is 5.75 Å². The number of aryl methyl sites for hydroxylation is 1. The molecule has 0 amide bonds. The van der Waals surface area contributed by atoms with Gasteiger partial charge in [0, 0.05) is 0 Å². The van der Waals surface area contributed by atoms with Gasteiger partial charge in [0.2, 0.25) is 0 Å². The van der Waals surface area contributed by atoms with E-state index in [1.165, 1.54) is 6.07 Å². The summed E-state index contributed by atoms with van der Waals surface area (Å²) >= 11 is 0. The van der Waals surface area contributed by atoms with Crippen LogP contribution in [0.15, 0.2) is 48.5 Å². The number of para-hydroxylation sites is 1. The molecule has 1 atom stereocenters. The number of aliphatic hydroxyl groups excluding tert-OH is 1. The fourth-order valence-corrected chi connectivity index (χ4v) is 2.15. The number of halogens is 1. The minimum atomic E-state index is -0.611. The lowest BCUT2D eigenvalue weighted by atomic mass is 9.93. The normalized spacial score (nSPS) is 13.7. The first-order chi connectivity index (χ1) is 10.0. The Kier molecular flexibility index (Phi) is 4.81. The van der Waals surface area contributed by atoms with E-state index in [0.717, 1.165) is 12.0 Å². The number of aliphatic hydroxyl groups is 1. The lowest BCUT2D eigenvalue weighted by molar-refractivity contribution is 0.214. The molecule has 112 valence electrons. The van der Waals surface area contributed by atoms with Crippen LogP contribution in [0.5, 0.6) is 5.75 Å². The molecule has 3 nitrogen and oxygen atoms in total. The zero-order chi connectivity index (χ0) is 15.3. The van der Waals surface area contributed by atoms with E-state index in [4.69, 9.17) is 0 Å². The molecule has 0 spiro atoms. The van der Waals surface area contributed by atoms with Crippen molar-refractivity contribution in [2.75, 3.05) is 11.9 Å². The molecule has 0 aliphatic heterocycles. The van der Waals surface area contributed by atoms with Gasteiger partial charge in [-0.05, 0) is 49.6 Å². The summed E-state index contributed by atoms with van der Waals surface area (Å²) in [6.45, 7) is 1.76. The monoisotopic (exact) mass is 289 g/mol. The maximum atomic E-state index is 13.7. The molecule has 4 heteroatoms. The molecule has 0 radical (unpaired) electrons. The van der Waals surface area contributed by atoms with Gasteiger partial charge in [-0.15, -0.1) is 0 Å². The number of aromatic hydroxyl groups is 1. The Labute approximate surface area is 124 Å². The summed E-state index contributed by atoms with van der Waals surface area (Å²) in [6, 6.07) is 13.4. The number of anilines is 1. The van der Waals surface area contributed by atoms with Gasteiger partial charge in [0.05, 0.1) is 17.8 Å². The summed E-state index contributed by atoms with van der Waals surface area (Å²) < 4.78 is 13.7. The summed E-state index contributed by atoms with van der Waals surface area (Å²) in [5, 5.41) is 22.0. The maximum absolute atomic E-state index is 13.7. The SMILES string of the molecule is CC(CO)(CCc1ccc(O)cc1)Nc1ccccc1F. The highest BCUT2D eigenvalue weighted by molar-refractivity contribution is 5.46. The van der Waals surface area contributed by atoms with Gasteiger partial charge in [0.25, 0.3) is 0 Å². The average molecular weight is 289 g/mol. The molecule has 0 aromatic heterocycles. The van der Waals surface area contributed by atoms with Crippen molar-refractivity contribution in [1.82, 2.24) is 0 Å². The molecular weight excluding hydrogens is 269 g/mol. The molecule has 2 aromatic rings. The summed E-state index contributed by atoms with van der Waals surface area (Å²) in [5.74, 6) is -0.102. The first-order valence-corrected chi connectivity index (χ1v) is 6.94. The molecule has 0 saturated heterocycles. The number of phenolic OH excluding ortho intramolecular Hbond substituents is 1. The molecule has 0 saturated carbocycles. The number of rotatable bonds is 6. The van der Waals surface area contributed by atoms with Crippen molar-refractivity contribution in [1.29, 1.82) is 0 Å². The van der Waals surface area contributed by atoms with Crippen LogP contribution in [0, 0.1) is 5.82 Å². The Morgan fingerprint density at radius 2 is 1.76 bits per heavy atom. The van der Waals surface area contributed by atoms with Gasteiger partial charge in [-0.1, -0.05) is 24.3 Å². The third-order valence-electron chi connectivity index (χ3n) is 3.56. The van der Waals surface area contributed by atoms with Crippen LogP contribution in [0.25, 0.3) is 0 Å². The van der Waals surface area contributed by atoms with Crippen LogP contribution in [0.3, 0.4) is 0 Å². The van der Waals surface area contributed by atoms with Crippen LogP contribution >= 0.6 is 0 Å². The first-order valence-electron chi connectivity index (χ1n) is 6.94. The fourth-order valence-electron chi connectivity index (χ4n) is 2.15. The van der Waals surface area contributed by atoms with Gasteiger partial charge in [0.1, 0.15) is 11.6 Å². The minimum Gasteiger partial charge on any atom is -0.508 e. The molecule has 3 N–H and O–H groups in total. The van der Waals surface area contributed by atoms with Crippen molar-refractivity contribution >= 4 is 5.69 Å². The van der Waals surface area contributed by atoms with Gasteiger partial charge in [-0.25, -0.2) is 4.39 Å². The van der Waals surface area contributed by atoms with Crippen molar-refractivity contribution in [3.05, 3.63) is 59.9 Å². The van der Waals surface area contributed by atoms with E-state index in [1.54, 1.807) is 30.3 Å². The molecule has 1 unspecified atom stereocenters. The molecule has 0 fully saturated rings. The third kappa shape index (κ3) is 4.20. The summed E-state index contributed by atoms with van der Waals surface area (Å²) in [4.78, 5) is 0. The van der Waals surface area contributed by atoms with Gasteiger partial charge in [-0.2, -0.15) is 0 Å². The number of hydrogen-bond donors (Lipinski definition) is 3. The topological polar surface area (TPSA) is 52.5 Å². The number of hydrogen-bond acceptors (Lipinski definition) is 3. The Hall–Kier alpha value is -2.07. The second-order valence-electron chi connectivity index (χ2n) is 5.49. The van der Waals surface area contributed by atoms with Crippen LogP contribution in [0.1, 0.15) is 18.9 Å². The van der Waals surface area contributed by atoms with Gasteiger partial charge in [0.15, 0.2) is 0 Å². The zero-order valence-electron chi connectivity index (χ0n) is 12.0. The summed E-state index contributed by atoms with van der Waals surface area (Å²) in [5.41, 5.74) is 0.836. The van der Waals surface area contributed by atoms with Crippen LogP contribution in [-0.2, 0) is 6.42 Å². The van der Waals surface area contributed by atoms with Gasteiger partial charge >= 0.3 is 0 Å². The van der Waals surface area contributed by atoms with E-state index < -0.39 is 5.54 Å². The van der Waals surface area contributed by atoms with Crippen LogP contribution in [0.4, 0.5) is 10.1 Å². The largest absolute Gasteiger partial charge is 0.508 e. The van der Waals surface area contributed by atoms with E-state index in [2.05, 4.69) is 5.32 Å². The molecule has 0 aliphatic carbocycles. The highest BCUT2D eigenvalue weighted by Gasteiger charge is 2.23. The van der Waals surface area contributed by atoms with E-state index >= 15 is 0 Å². The second-order valence-corrected chi connectivity index (χ2v) is 5.49. The molecule has 0 bridgehead atoms. The van der Waals surface area contributed by atoms with E-state index in [1.807, 2.05) is 19.1 Å². The van der Waals surface area contributed by atoms with E-state index in [9.17, 15) is 14.6 Å². The molecule has 21 heavy (non-hydrogen) atoms. The standard InChI is InChI=1S/C17H20FNO2/c1-17(12-20,19-16-5-3-2-4-15(16)18)11-10-13-6-8-14(21)9-7-13/h2-9,19-21H,10-12H2,1H3. The smallest absolute Gasteiger partial charge is 0.146 e. The molecule has 0 aliphatic rings. The van der Waals surface area contributed by atoms with Gasteiger partial charge < -0.3 is 15.5 Å². The molecular formula is C17H20FNO2. The fraction of sp³-hybridized carbons (Fsp3) is 0.294. The second kappa shape index (κ2) is 6.59. The lowest BCUT2D eigenvalue weighted by Gasteiger charge is -2.30. The maximum Gasteiger partial charge on any atom is 0.146 e. The summed E-state index contributed by atoms with van der Waals surface area (Å²) in [6.07, 6.45) is 1.36. The van der Waals surface area contributed by atoms with Crippen LogP contribution in [-0.4, -0.2) is 22.4 Å². The van der Waals surface area contributed by atoms with Crippen LogP contribution in [0.2, 0.25) is 0 Å². The quantitative estimate of drug-likeness (QED) is 0.764. The number of nitrogens with one attached hydrogen (secondary N) is 1. The molecule has 2 aromatic carbocycles. The minimum absolute atomic E-state index is 0.0978. The molecule has 0 heterocycles. The van der Waals surface area contributed by atoms with Crippen molar-refractivity contribution in [2.45, 2.75) is 25.3 Å². The van der Waals surface area contributed by atoms with E-state index in [-0.39, 0.29) is 18.2 Å². The third-order valence-corrected chi connectivity index (χ3v) is 3.56. The predicted molar refractivity (Wildman–Crippen MR) is 81.9 cm³/mol. The predicted octanol–water partition coefficient (Wildman–Crippen LogP) is 3.33. The van der Waals surface area contributed by atoms with Gasteiger partial charge in [-0.3, -0.25) is 0 Å². The highest BCUT2D eigenvalue weighted by Crippen LogP contribution is 2.23. The number of phenols is 1. The van der Waals surface area contributed by atoms with Crippen molar-refractivity contribution in [3.63, 3.8) is 0 Å². The van der Waals surface area contributed by atoms with E-state index in [0.29, 0.717) is 12.1 Å². The van der Waals surface area contributed by atoms with Crippen LogP contribution < -0.4 is 5.32 Å². The first kappa shape index (κ1) is 15.3. The molecule has 2 rings (SSSR count). The Morgan fingerprint density at radius 1 is 1.10 bits per heavy atom. The Morgan fingerprint density at radius 3 is 2.38 bits per heavy atom. The highest BCUT2D eigenvalue weighted by atomic mass is 19.1. The Balaban J connectivity index is 2.03.